The summed E-state index contributed by atoms with van der Waals surface area (Å²) in [5, 5.41) is 4.29. The van der Waals surface area contributed by atoms with Gasteiger partial charge >= 0.3 is 6.03 Å². The minimum absolute atomic E-state index is 0.0492. The third-order valence-electron chi connectivity index (χ3n) is 9.30. The predicted octanol–water partition coefficient (Wildman–Crippen LogP) is 6.09. The van der Waals surface area contributed by atoms with E-state index in [1.165, 1.54) is 62.5 Å². The van der Waals surface area contributed by atoms with Crippen molar-refractivity contribution in [3.8, 4) is 0 Å². The van der Waals surface area contributed by atoms with Crippen molar-refractivity contribution in [2.45, 2.75) is 75.9 Å². The standard InChI is InChI=1S/C26H31ClN2O/c27-20-8-4-18(5-9-20)24-3-1-2-16-26(24)17-29(22-12-6-19(26)7-13-22)23-14-10-21(11-15-23)28-25(29)30/h1-5,8-9,19,21-23H,6-7,10-17H2/p+1/t19-,21?,22+,23?,26?,29?. The molecule has 2 amide bonds. The molecule has 2 saturated carbocycles. The molecular weight excluding hydrogens is 392 g/mol. The van der Waals surface area contributed by atoms with E-state index < -0.39 is 0 Å². The van der Waals surface area contributed by atoms with Crippen LogP contribution in [0.3, 0.4) is 0 Å². The minimum Gasteiger partial charge on any atom is -0.303 e. The lowest BCUT2D eigenvalue weighted by molar-refractivity contribution is -0.903. The van der Waals surface area contributed by atoms with Gasteiger partial charge in [-0.05, 0) is 61.3 Å². The van der Waals surface area contributed by atoms with Gasteiger partial charge in [-0.3, -0.25) is 0 Å². The van der Waals surface area contributed by atoms with Gasteiger partial charge in [0.25, 0.3) is 0 Å². The molecule has 2 atom stereocenters. The van der Waals surface area contributed by atoms with Crippen LogP contribution in [-0.2, 0) is 0 Å². The highest BCUT2D eigenvalue weighted by Gasteiger charge is 2.63. The predicted molar refractivity (Wildman–Crippen MR) is 121 cm³/mol. The first-order chi connectivity index (χ1) is 14.6. The van der Waals surface area contributed by atoms with Crippen molar-refractivity contribution in [2.75, 3.05) is 6.54 Å². The SMILES string of the molecule is O=C1NC2CCC(CC2)[N+]12CC1(CC=CC=C1c1ccc(Cl)cc1)[C@H]1CC[C@@H]2CC1. The first-order valence-corrected chi connectivity index (χ1v) is 12.3. The molecular formula is C26H32ClN2O+. The summed E-state index contributed by atoms with van der Waals surface area (Å²) in [5.74, 6) is 0.659. The Labute approximate surface area is 184 Å². The van der Waals surface area contributed by atoms with Crippen molar-refractivity contribution in [1.82, 2.24) is 5.32 Å². The number of amides is 2. The van der Waals surface area contributed by atoms with Crippen molar-refractivity contribution in [3.63, 3.8) is 0 Å². The Morgan fingerprint density at radius 1 is 0.933 bits per heavy atom. The molecule has 0 radical (unpaired) electrons. The van der Waals surface area contributed by atoms with Gasteiger partial charge in [-0.15, -0.1) is 0 Å². The van der Waals surface area contributed by atoms with Gasteiger partial charge in [0.2, 0.25) is 0 Å². The molecule has 158 valence electrons. The molecule has 4 bridgehead atoms. The summed E-state index contributed by atoms with van der Waals surface area (Å²) in [5.41, 5.74) is 2.78. The Balaban J connectivity index is 1.51. The van der Waals surface area contributed by atoms with Crippen LogP contribution in [0.25, 0.3) is 5.57 Å². The summed E-state index contributed by atoms with van der Waals surface area (Å²) < 4.78 is 0.714. The largest absolute Gasteiger partial charge is 0.417 e. The molecule has 4 saturated heterocycles. The molecule has 4 aliphatic heterocycles. The molecule has 3 aliphatic carbocycles. The monoisotopic (exact) mass is 423 g/mol. The Hall–Kier alpha value is -1.58. The van der Waals surface area contributed by atoms with Crippen molar-refractivity contribution in [1.29, 1.82) is 0 Å². The number of carbonyl (C=O) groups is 1. The number of nitrogens with zero attached hydrogens (tertiary/aromatic N) is 1. The lowest BCUT2D eigenvalue weighted by atomic mass is 9.61. The van der Waals surface area contributed by atoms with Gasteiger partial charge in [0, 0.05) is 36.7 Å². The number of allylic oxidation sites excluding steroid dienone is 3. The molecule has 1 aromatic carbocycles. The van der Waals surface area contributed by atoms with E-state index in [-0.39, 0.29) is 5.41 Å². The molecule has 3 nitrogen and oxygen atoms in total. The summed E-state index contributed by atoms with van der Waals surface area (Å²) in [7, 11) is 0. The average Bonchev–Trinajstić information content (AvgIpc) is 3.12. The number of carbonyl (C=O) groups excluding carboxylic acids is 1. The van der Waals surface area contributed by atoms with Gasteiger partial charge in [-0.1, -0.05) is 42.0 Å². The van der Waals surface area contributed by atoms with E-state index >= 15 is 0 Å². The molecule has 8 rings (SSSR count). The number of nitrogens with one attached hydrogen (secondary N) is 1. The number of hydrogen-bond donors (Lipinski definition) is 1. The summed E-state index contributed by atoms with van der Waals surface area (Å²) in [4.78, 5) is 13.9. The summed E-state index contributed by atoms with van der Waals surface area (Å²) >= 11 is 6.22. The zero-order valence-corrected chi connectivity index (χ0v) is 18.4. The second-order valence-corrected chi connectivity index (χ2v) is 10.9. The average molecular weight is 424 g/mol. The van der Waals surface area contributed by atoms with Crippen molar-refractivity contribution in [3.05, 3.63) is 53.1 Å². The van der Waals surface area contributed by atoms with E-state index in [9.17, 15) is 4.79 Å². The lowest BCUT2D eigenvalue weighted by Crippen LogP contribution is -2.67. The molecule has 1 aromatic rings. The highest BCUT2D eigenvalue weighted by molar-refractivity contribution is 6.30. The molecule has 2 spiro atoms. The van der Waals surface area contributed by atoms with Gasteiger partial charge in [0.1, 0.15) is 0 Å². The molecule has 2 unspecified atom stereocenters. The number of quaternary nitrogens is 1. The van der Waals surface area contributed by atoms with Crippen LogP contribution in [0.2, 0.25) is 5.02 Å². The molecule has 6 fully saturated rings. The molecule has 4 heterocycles. The minimum atomic E-state index is 0.0492. The first kappa shape index (κ1) is 19.1. The Morgan fingerprint density at radius 3 is 2.30 bits per heavy atom. The first-order valence-electron chi connectivity index (χ1n) is 11.9. The van der Waals surface area contributed by atoms with Crippen LogP contribution in [0.1, 0.15) is 63.4 Å². The Morgan fingerprint density at radius 2 is 1.60 bits per heavy atom. The quantitative estimate of drug-likeness (QED) is 0.544. The number of halogens is 1. The van der Waals surface area contributed by atoms with Crippen molar-refractivity contribution >= 4 is 23.2 Å². The summed E-state index contributed by atoms with van der Waals surface area (Å²) in [6.07, 6.45) is 17.7. The van der Waals surface area contributed by atoms with Gasteiger partial charge in [0.05, 0.1) is 24.0 Å². The zero-order chi connectivity index (χ0) is 20.3. The van der Waals surface area contributed by atoms with Crippen LogP contribution < -0.4 is 5.32 Å². The second-order valence-electron chi connectivity index (χ2n) is 10.4. The third kappa shape index (κ3) is 2.64. The maximum Gasteiger partial charge on any atom is 0.417 e. The maximum absolute atomic E-state index is 13.9. The van der Waals surface area contributed by atoms with E-state index in [1.807, 2.05) is 12.1 Å². The smallest absolute Gasteiger partial charge is 0.303 e. The van der Waals surface area contributed by atoms with E-state index in [2.05, 4.69) is 35.7 Å². The van der Waals surface area contributed by atoms with Crippen LogP contribution in [-0.4, -0.2) is 35.2 Å². The fraction of sp³-hybridized carbons (Fsp3) is 0.577. The van der Waals surface area contributed by atoms with Crippen LogP contribution in [0.5, 0.6) is 0 Å². The highest BCUT2D eigenvalue weighted by atomic mass is 35.5. The third-order valence-corrected chi connectivity index (χ3v) is 9.55. The van der Waals surface area contributed by atoms with Gasteiger partial charge in [0.15, 0.2) is 0 Å². The van der Waals surface area contributed by atoms with Crippen LogP contribution in [0, 0.1) is 11.3 Å². The highest BCUT2D eigenvalue weighted by Crippen LogP contribution is 2.58. The second kappa shape index (κ2) is 6.97. The maximum atomic E-state index is 13.9. The number of hydrogen-bond acceptors (Lipinski definition) is 1. The van der Waals surface area contributed by atoms with Gasteiger partial charge < -0.3 is 5.32 Å². The molecule has 0 aromatic heterocycles. The van der Waals surface area contributed by atoms with Gasteiger partial charge in [-0.2, -0.15) is 0 Å². The van der Waals surface area contributed by atoms with Crippen LogP contribution >= 0.6 is 11.6 Å². The number of urea groups is 1. The normalized spacial score (nSPS) is 42.2. The molecule has 4 heteroatoms. The van der Waals surface area contributed by atoms with E-state index in [4.69, 9.17) is 11.6 Å². The Bertz CT molecular complexity index is 901. The number of rotatable bonds is 1. The lowest BCUT2D eigenvalue weighted by Gasteiger charge is -2.49. The van der Waals surface area contributed by atoms with Gasteiger partial charge in [-0.25, -0.2) is 9.28 Å². The molecule has 7 aliphatic rings. The molecule has 1 N–H and O–H groups in total. The zero-order valence-electron chi connectivity index (χ0n) is 17.7. The topological polar surface area (TPSA) is 29.1 Å². The van der Waals surface area contributed by atoms with Crippen LogP contribution in [0.4, 0.5) is 4.79 Å². The van der Waals surface area contributed by atoms with E-state index in [0.29, 0.717) is 34.6 Å². The fourth-order valence-electron chi connectivity index (χ4n) is 7.89. The van der Waals surface area contributed by atoms with Crippen molar-refractivity contribution < 1.29 is 9.28 Å². The number of fused-ring (bicyclic) bond motifs is 5. The fourth-order valence-corrected chi connectivity index (χ4v) is 8.01. The summed E-state index contributed by atoms with van der Waals surface area (Å²) in [6, 6.07) is 10.2. The summed E-state index contributed by atoms with van der Waals surface area (Å²) in [6.45, 7) is 0.977. The Kier molecular flexibility index (Phi) is 4.44. The van der Waals surface area contributed by atoms with Crippen molar-refractivity contribution in [2.24, 2.45) is 11.3 Å². The van der Waals surface area contributed by atoms with Crippen LogP contribution in [0.15, 0.2) is 42.5 Å². The van der Waals surface area contributed by atoms with E-state index in [0.717, 1.165) is 18.0 Å². The number of benzene rings is 1. The van der Waals surface area contributed by atoms with E-state index in [1.54, 1.807) is 0 Å². The molecule has 30 heavy (non-hydrogen) atoms.